The minimum Gasteiger partial charge on any atom is -0.370 e. The van der Waals surface area contributed by atoms with Crippen LogP contribution in [0.5, 0.6) is 0 Å². The molecule has 0 saturated heterocycles. The average molecular weight is 270 g/mol. The number of hydrogen-bond donors (Lipinski definition) is 2. The first-order chi connectivity index (χ1) is 9.63. The normalized spacial score (nSPS) is 10.6. The summed E-state index contributed by atoms with van der Waals surface area (Å²) in [7, 11) is 0. The van der Waals surface area contributed by atoms with Crippen molar-refractivity contribution in [3.8, 4) is 0 Å². The molecule has 4 heteroatoms. The number of anilines is 2. The standard InChI is InChI=1S/C16H22N4/c1-12(2)10-17-15-9-13(3)19-16(20-15)18-11-14-7-5-4-6-8-14/h4-9,12H,10-11H2,1-3H3,(H2,17,18,19,20). The van der Waals surface area contributed by atoms with Gasteiger partial charge in [0.1, 0.15) is 5.82 Å². The largest absolute Gasteiger partial charge is 0.370 e. The van der Waals surface area contributed by atoms with E-state index in [-0.39, 0.29) is 0 Å². The van der Waals surface area contributed by atoms with Crippen molar-refractivity contribution in [3.05, 3.63) is 47.7 Å². The smallest absolute Gasteiger partial charge is 0.225 e. The second kappa shape index (κ2) is 6.89. The zero-order valence-electron chi connectivity index (χ0n) is 12.4. The monoisotopic (exact) mass is 270 g/mol. The lowest BCUT2D eigenvalue weighted by atomic mass is 10.2. The molecule has 0 bridgehead atoms. The molecule has 0 aliphatic heterocycles. The molecule has 0 fully saturated rings. The van der Waals surface area contributed by atoms with Crippen molar-refractivity contribution in [3.63, 3.8) is 0 Å². The van der Waals surface area contributed by atoms with Gasteiger partial charge in [0.25, 0.3) is 0 Å². The van der Waals surface area contributed by atoms with Gasteiger partial charge in [0, 0.05) is 24.8 Å². The molecule has 0 radical (unpaired) electrons. The van der Waals surface area contributed by atoms with Crippen molar-refractivity contribution in [2.45, 2.75) is 27.3 Å². The lowest BCUT2D eigenvalue weighted by molar-refractivity contribution is 0.686. The molecule has 2 aromatic rings. The number of nitrogens with one attached hydrogen (secondary N) is 2. The predicted octanol–water partition coefficient (Wildman–Crippen LogP) is 3.47. The van der Waals surface area contributed by atoms with Gasteiger partial charge in [-0.1, -0.05) is 44.2 Å². The molecule has 106 valence electrons. The van der Waals surface area contributed by atoms with Crippen LogP contribution in [0.3, 0.4) is 0 Å². The highest BCUT2D eigenvalue weighted by Crippen LogP contribution is 2.11. The Bertz CT molecular complexity index is 537. The second-order valence-corrected chi connectivity index (χ2v) is 5.33. The third-order valence-electron chi connectivity index (χ3n) is 2.84. The molecule has 0 atom stereocenters. The molecule has 0 saturated carbocycles. The zero-order chi connectivity index (χ0) is 14.4. The molecule has 4 nitrogen and oxygen atoms in total. The molecule has 0 spiro atoms. The van der Waals surface area contributed by atoms with Gasteiger partial charge in [-0.15, -0.1) is 0 Å². The summed E-state index contributed by atoms with van der Waals surface area (Å²) >= 11 is 0. The van der Waals surface area contributed by atoms with E-state index in [2.05, 4.69) is 46.6 Å². The maximum atomic E-state index is 4.49. The molecule has 1 heterocycles. The first-order valence-corrected chi connectivity index (χ1v) is 7.01. The Balaban J connectivity index is 2.00. The van der Waals surface area contributed by atoms with Crippen molar-refractivity contribution in [1.82, 2.24) is 9.97 Å². The molecule has 1 aromatic heterocycles. The maximum Gasteiger partial charge on any atom is 0.225 e. The number of rotatable bonds is 6. The molecule has 0 amide bonds. The molecule has 1 aromatic carbocycles. The minimum atomic E-state index is 0.589. The van der Waals surface area contributed by atoms with Gasteiger partial charge in [0.15, 0.2) is 0 Å². The number of nitrogens with zero attached hydrogens (tertiary/aromatic N) is 2. The summed E-state index contributed by atoms with van der Waals surface area (Å²) in [6.45, 7) is 7.98. The van der Waals surface area contributed by atoms with Crippen LogP contribution in [0.25, 0.3) is 0 Å². The molecule has 0 aliphatic carbocycles. The summed E-state index contributed by atoms with van der Waals surface area (Å²) in [5, 5.41) is 6.60. The van der Waals surface area contributed by atoms with Gasteiger partial charge < -0.3 is 10.6 Å². The lowest BCUT2D eigenvalue weighted by Gasteiger charge is -2.11. The highest BCUT2D eigenvalue weighted by atomic mass is 15.1. The number of benzene rings is 1. The van der Waals surface area contributed by atoms with Gasteiger partial charge in [-0.05, 0) is 18.4 Å². The summed E-state index contributed by atoms with van der Waals surface area (Å²) in [6.07, 6.45) is 0. The van der Waals surface area contributed by atoms with Crippen LogP contribution in [0.2, 0.25) is 0 Å². The van der Waals surface area contributed by atoms with E-state index in [1.165, 1.54) is 5.56 Å². The van der Waals surface area contributed by atoms with E-state index in [1.54, 1.807) is 0 Å². The van der Waals surface area contributed by atoms with E-state index in [0.29, 0.717) is 11.9 Å². The molecule has 2 rings (SSSR count). The molecular weight excluding hydrogens is 248 g/mol. The highest BCUT2D eigenvalue weighted by molar-refractivity contribution is 5.42. The van der Waals surface area contributed by atoms with Crippen molar-refractivity contribution in [2.24, 2.45) is 5.92 Å². The highest BCUT2D eigenvalue weighted by Gasteiger charge is 2.03. The fraction of sp³-hybridized carbons (Fsp3) is 0.375. The van der Waals surface area contributed by atoms with Crippen LogP contribution in [0, 0.1) is 12.8 Å². The molecule has 0 aliphatic rings. The lowest BCUT2D eigenvalue weighted by Crippen LogP contribution is -2.11. The van der Waals surface area contributed by atoms with Gasteiger partial charge in [0.2, 0.25) is 5.95 Å². The maximum absolute atomic E-state index is 4.49. The Morgan fingerprint density at radius 1 is 1.05 bits per heavy atom. The van der Waals surface area contributed by atoms with Crippen LogP contribution in [-0.4, -0.2) is 16.5 Å². The fourth-order valence-electron chi connectivity index (χ4n) is 1.82. The SMILES string of the molecule is Cc1cc(NCC(C)C)nc(NCc2ccccc2)n1. The van der Waals surface area contributed by atoms with E-state index in [9.17, 15) is 0 Å². The summed E-state index contributed by atoms with van der Waals surface area (Å²) in [4.78, 5) is 8.90. The topological polar surface area (TPSA) is 49.8 Å². The van der Waals surface area contributed by atoms with Gasteiger partial charge in [-0.3, -0.25) is 0 Å². The minimum absolute atomic E-state index is 0.589. The fourth-order valence-corrected chi connectivity index (χ4v) is 1.82. The Hall–Kier alpha value is -2.10. The van der Waals surface area contributed by atoms with Crippen LogP contribution in [0.4, 0.5) is 11.8 Å². The van der Waals surface area contributed by atoms with Crippen molar-refractivity contribution in [2.75, 3.05) is 17.2 Å². The average Bonchev–Trinajstić information content (AvgIpc) is 2.44. The van der Waals surface area contributed by atoms with Gasteiger partial charge in [-0.25, -0.2) is 4.98 Å². The molecule has 0 unspecified atom stereocenters. The number of aromatic nitrogens is 2. The Labute approximate surface area is 120 Å². The van der Waals surface area contributed by atoms with Crippen molar-refractivity contribution < 1.29 is 0 Å². The Kier molecular flexibility index (Phi) is 4.93. The third-order valence-corrected chi connectivity index (χ3v) is 2.84. The number of aryl methyl sites for hydroxylation is 1. The predicted molar refractivity (Wildman–Crippen MR) is 83.9 cm³/mol. The molecular formula is C16H22N4. The van der Waals surface area contributed by atoms with Crippen molar-refractivity contribution >= 4 is 11.8 Å². The zero-order valence-corrected chi connectivity index (χ0v) is 12.4. The summed E-state index contributed by atoms with van der Waals surface area (Å²) in [5.41, 5.74) is 2.18. The first kappa shape index (κ1) is 14.3. The van der Waals surface area contributed by atoms with E-state index >= 15 is 0 Å². The van der Waals surface area contributed by atoms with E-state index in [1.807, 2.05) is 31.2 Å². The van der Waals surface area contributed by atoms with Gasteiger partial charge in [0.05, 0.1) is 0 Å². The van der Waals surface area contributed by atoms with Gasteiger partial charge >= 0.3 is 0 Å². The van der Waals surface area contributed by atoms with Crippen LogP contribution < -0.4 is 10.6 Å². The van der Waals surface area contributed by atoms with E-state index in [4.69, 9.17) is 0 Å². The van der Waals surface area contributed by atoms with Crippen LogP contribution >= 0.6 is 0 Å². The van der Waals surface area contributed by atoms with Crippen LogP contribution in [0.15, 0.2) is 36.4 Å². The Morgan fingerprint density at radius 3 is 2.50 bits per heavy atom. The van der Waals surface area contributed by atoms with Crippen LogP contribution in [-0.2, 0) is 6.54 Å². The Morgan fingerprint density at radius 2 is 1.80 bits per heavy atom. The van der Waals surface area contributed by atoms with Crippen LogP contribution in [0.1, 0.15) is 25.1 Å². The second-order valence-electron chi connectivity index (χ2n) is 5.33. The third kappa shape index (κ3) is 4.53. The molecule has 2 N–H and O–H groups in total. The van der Waals surface area contributed by atoms with E-state index < -0.39 is 0 Å². The summed E-state index contributed by atoms with van der Waals surface area (Å²) < 4.78 is 0. The number of hydrogen-bond acceptors (Lipinski definition) is 4. The first-order valence-electron chi connectivity index (χ1n) is 7.01. The van der Waals surface area contributed by atoms with Crippen molar-refractivity contribution in [1.29, 1.82) is 0 Å². The van der Waals surface area contributed by atoms with Gasteiger partial charge in [-0.2, -0.15) is 4.98 Å². The molecule has 20 heavy (non-hydrogen) atoms. The summed E-state index contributed by atoms with van der Waals surface area (Å²) in [6, 6.07) is 12.2. The summed E-state index contributed by atoms with van der Waals surface area (Å²) in [5.74, 6) is 2.13. The quantitative estimate of drug-likeness (QED) is 0.844. The van der Waals surface area contributed by atoms with E-state index in [0.717, 1.165) is 24.6 Å².